The molecule has 0 aromatic heterocycles. The molecule has 1 fully saturated rings. The van der Waals surface area contributed by atoms with Gasteiger partial charge in [-0.2, -0.15) is 0 Å². The lowest BCUT2D eigenvalue weighted by Gasteiger charge is -2.32. The van der Waals surface area contributed by atoms with Crippen LogP contribution in [-0.2, 0) is 10.3 Å². The standard InChI is InChI=1S/C24H22N2O4/c1-24(17-7-5-4-6-8-17)22(27)25(18-9-13-20(29-2)14-10-18)23(28)26(24)19-11-15-21(30-3)16-12-19/h4-16H,1-3H3. The van der Waals surface area contributed by atoms with Gasteiger partial charge in [-0.05, 0) is 61.0 Å². The Kier molecular flexibility index (Phi) is 4.91. The van der Waals surface area contributed by atoms with Crippen LogP contribution in [0.2, 0.25) is 0 Å². The van der Waals surface area contributed by atoms with Crippen LogP contribution in [0, 0.1) is 0 Å². The number of nitrogens with zero attached hydrogens (tertiary/aromatic N) is 2. The van der Waals surface area contributed by atoms with E-state index in [-0.39, 0.29) is 5.91 Å². The normalized spacial score (nSPS) is 18.6. The third-order valence-electron chi connectivity index (χ3n) is 5.45. The molecule has 1 atom stereocenters. The van der Waals surface area contributed by atoms with Gasteiger partial charge in [-0.1, -0.05) is 30.3 Å². The molecule has 6 nitrogen and oxygen atoms in total. The SMILES string of the molecule is COc1ccc(N2C(=O)N(c3ccc(OC)cc3)C(C)(c3ccccc3)C2=O)cc1. The van der Waals surface area contributed by atoms with E-state index in [4.69, 9.17) is 9.47 Å². The molecule has 30 heavy (non-hydrogen) atoms. The molecule has 0 N–H and O–H groups in total. The van der Waals surface area contributed by atoms with Gasteiger partial charge >= 0.3 is 6.03 Å². The summed E-state index contributed by atoms with van der Waals surface area (Å²) in [6, 6.07) is 22.9. The molecule has 152 valence electrons. The molecule has 0 aliphatic carbocycles. The highest BCUT2D eigenvalue weighted by Gasteiger charge is 2.56. The molecular formula is C24H22N2O4. The molecule has 0 radical (unpaired) electrons. The van der Waals surface area contributed by atoms with Crippen LogP contribution in [0.15, 0.2) is 78.9 Å². The van der Waals surface area contributed by atoms with Gasteiger partial charge in [0.1, 0.15) is 11.5 Å². The summed E-state index contributed by atoms with van der Waals surface area (Å²) in [4.78, 5) is 30.0. The first kappa shape index (κ1) is 19.5. The molecule has 1 unspecified atom stereocenters. The van der Waals surface area contributed by atoms with Crippen LogP contribution in [0.1, 0.15) is 12.5 Å². The predicted molar refractivity (Wildman–Crippen MR) is 115 cm³/mol. The van der Waals surface area contributed by atoms with Crippen molar-refractivity contribution in [1.82, 2.24) is 0 Å². The van der Waals surface area contributed by atoms with Crippen molar-refractivity contribution in [3.8, 4) is 11.5 Å². The summed E-state index contributed by atoms with van der Waals surface area (Å²) in [6.45, 7) is 1.77. The first-order valence-corrected chi connectivity index (χ1v) is 9.53. The molecule has 3 amide bonds. The van der Waals surface area contributed by atoms with E-state index in [1.807, 2.05) is 30.3 Å². The Labute approximate surface area is 175 Å². The van der Waals surface area contributed by atoms with Gasteiger partial charge in [-0.25, -0.2) is 9.69 Å². The average Bonchev–Trinajstić information content (AvgIpc) is 3.00. The van der Waals surface area contributed by atoms with Gasteiger partial charge in [0.05, 0.1) is 19.9 Å². The minimum Gasteiger partial charge on any atom is -0.497 e. The van der Waals surface area contributed by atoms with Gasteiger partial charge in [0.25, 0.3) is 5.91 Å². The number of carbonyl (C=O) groups excluding carboxylic acids is 2. The Morgan fingerprint density at radius 2 is 1.20 bits per heavy atom. The van der Waals surface area contributed by atoms with Gasteiger partial charge in [-0.15, -0.1) is 0 Å². The average molecular weight is 402 g/mol. The van der Waals surface area contributed by atoms with Crippen molar-refractivity contribution in [2.45, 2.75) is 12.5 Å². The van der Waals surface area contributed by atoms with E-state index in [1.54, 1.807) is 69.7 Å². The molecule has 0 saturated carbocycles. The Bertz CT molecular complexity index is 1060. The van der Waals surface area contributed by atoms with E-state index < -0.39 is 11.6 Å². The fraction of sp³-hybridized carbons (Fsp3) is 0.167. The minimum atomic E-state index is -1.20. The van der Waals surface area contributed by atoms with E-state index in [9.17, 15) is 9.59 Å². The van der Waals surface area contributed by atoms with Gasteiger partial charge in [0, 0.05) is 5.69 Å². The molecule has 6 heteroatoms. The molecule has 4 rings (SSSR count). The monoisotopic (exact) mass is 402 g/mol. The number of anilines is 2. The number of hydrogen-bond acceptors (Lipinski definition) is 4. The Balaban J connectivity index is 1.86. The van der Waals surface area contributed by atoms with Crippen LogP contribution in [0.4, 0.5) is 16.2 Å². The van der Waals surface area contributed by atoms with Gasteiger partial charge < -0.3 is 9.47 Å². The number of carbonyl (C=O) groups is 2. The summed E-state index contributed by atoms with van der Waals surface area (Å²) in [5, 5.41) is 0. The Hall–Kier alpha value is -3.80. The van der Waals surface area contributed by atoms with E-state index in [0.29, 0.717) is 22.9 Å². The van der Waals surface area contributed by atoms with Crippen LogP contribution >= 0.6 is 0 Å². The van der Waals surface area contributed by atoms with Gasteiger partial charge in [-0.3, -0.25) is 9.69 Å². The summed E-state index contributed by atoms with van der Waals surface area (Å²) in [5.74, 6) is 1.00. The van der Waals surface area contributed by atoms with Crippen molar-refractivity contribution in [1.29, 1.82) is 0 Å². The molecule has 1 aliphatic rings. The lowest BCUT2D eigenvalue weighted by Crippen LogP contribution is -2.44. The molecular weight excluding hydrogens is 380 g/mol. The highest BCUT2D eigenvalue weighted by molar-refractivity contribution is 6.30. The van der Waals surface area contributed by atoms with Crippen molar-refractivity contribution in [2.75, 3.05) is 24.0 Å². The molecule has 1 heterocycles. The third-order valence-corrected chi connectivity index (χ3v) is 5.45. The lowest BCUT2D eigenvalue weighted by atomic mass is 9.90. The first-order valence-electron chi connectivity index (χ1n) is 9.53. The minimum absolute atomic E-state index is 0.320. The van der Waals surface area contributed by atoms with Crippen LogP contribution in [0.3, 0.4) is 0 Å². The number of urea groups is 1. The van der Waals surface area contributed by atoms with Gasteiger partial charge in [0.15, 0.2) is 5.54 Å². The maximum Gasteiger partial charge on any atom is 0.337 e. The number of benzene rings is 3. The second kappa shape index (κ2) is 7.55. The number of hydrogen-bond donors (Lipinski definition) is 0. The van der Waals surface area contributed by atoms with Crippen LogP contribution in [-0.4, -0.2) is 26.2 Å². The van der Waals surface area contributed by atoms with Crippen molar-refractivity contribution in [2.24, 2.45) is 0 Å². The second-order valence-corrected chi connectivity index (χ2v) is 7.09. The Morgan fingerprint density at radius 3 is 1.70 bits per heavy atom. The Morgan fingerprint density at radius 1 is 0.700 bits per heavy atom. The summed E-state index contributed by atoms with van der Waals surface area (Å²) in [7, 11) is 3.15. The highest BCUT2D eigenvalue weighted by atomic mass is 16.5. The van der Waals surface area contributed by atoms with Crippen LogP contribution in [0.5, 0.6) is 11.5 Å². The number of imide groups is 1. The van der Waals surface area contributed by atoms with Crippen molar-refractivity contribution < 1.29 is 19.1 Å². The van der Waals surface area contributed by atoms with E-state index in [1.165, 1.54) is 9.80 Å². The van der Waals surface area contributed by atoms with Crippen molar-refractivity contribution in [3.63, 3.8) is 0 Å². The molecule has 0 bridgehead atoms. The largest absolute Gasteiger partial charge is 0.497 e. The molecule has 1 saturated heterocycles. The quantitative estimate of drug-likeness (QED) is 0.586. The summed E-state index contributed by atoms with van der Waals surface area (Å²) >= 11 is 0. The number of amides is 3. The first-order chi connectivity index (χ1) is 14.5. The van der Waals surface area contributed by atoms with E-state index in [0.717, 1.165) is 5.56 Å². The van der Waals surface area contributed by atoms with Crippen LogP contribution in [0.25, 0.3) is 0 Å². The number of rotatable bonds is 5. The number of methoxy groups -OCH3 is 2. The van der Waals surface area contributed by atoms with E-state index >= 15 is 0 Å². The van der Waals surface area contributed by atoms with E-state index in [2.05, 4.69) is 0 Å². The predicted octanol–water partition coefficient (Wildman–Crippen LogP) is 4.59. The highest BCUT2D eigenvalue weighted by Crippen LogP contribution is 2.43. The topological polar surface area (TPSA) is 59.1 Å². The summed E-state index contributed by atoms with van der Waals surface area (Å²) in [5.41, 5.74) is 0.628. The molecule has 3 aromatic rings. The summed E-state index contributed by atoms with van der Waals surface area (Å²) in [6.07, 6.45) is 0. The van der Waals surface area contributed by atoms with Crippen molar-refractivity contribution in [3.05, 3.63) is 84.4 Å². The zero-order valence-corrected chi connectivity index (χ0v) is 17.0. The maximum atomic E-state index is 13.7. The maximum absolute atomic E-state index is 13.7. The zero-order valence-electron chi connectivity index (χ0n) is 17.0. The number of ether oxygens (including phenoxy) is 2. The fourth-order valence-electron chi connectivity index (χ4n) is 3.77. The third kappa shape index (κ3) is 2.97. The fourth-order valence-corrected chi connectivity index (χ4v) is 3.77. The molecule has 3 aromatic carbocycles. The zero-order chi connectivity index (χ0) is 21.3. The smallest absolute Gasteiger partial charge is 0.337 e. The summed E-state index contributed by atoms with van der Waals surface area (Å²) < 4.78 is 10.4. The molecule has 1 aliphatic heterocycles. The molecule has 0 spiro atoms. The second-order valence-electron chi connectivity index (χ2n) is 7.09. The van der Waals surface area contributed by atoms with Crippen molar-refractivity contribution >= 4 is 23.3 Å². The van der Waals surface area contributed by atoms with Crippen LogP contribution < -0.4 is 19.3 Å². The lowest BCUT2D eigenvalue weighted by molar-refractivity contribution is -0.121. The van der Waals surface area contributed by atoms with Gasteiger partial charge in [0.2, 0.25) is 0 Å².